The highest BCUT2D eigenvalue weighted by Crippen LogP contribution is 2.21. The second-order valence-electron chi connectivity index (χ2n) is 19.3. The molecule has 1 aromatic carbocycles. The summed E-state index contributed by atoms with van der Waals surface area (Å²) in [7, 11) is 4.00. The molecule has 0 aliphatic carbocycles. The van der Waals surface area contributed by atoms with Gasteiger partial charge >= 0.3 is 11.9 Å². The summed E-state index contributed by atoms with van der Waals surface area (Å²) in [6.07, 6.45) is 45.3. The fraction of sp³-hybridized carbons (Fsp3) is 0.754. The first-order valence-electron chi connectivity index (χ1n) is 27.6. The van der Waals surface area contributed by atoms with E-state index in [0.717, 1.165) is 55.6 Å². The number of pyridine rings is 1. The normalized spacial score (nSPS) is 11.8. The molecule has 10 nitrogen and oxygen atoms in total. The molecular formula is C57H98N5O5+. The minimum Gasteiger partial charge on any atom is -0.466 e. The second kappa shape index (κ2) is 42.3. The van der Waals surface area contributed by atoms with Crippen LogP contribution in [0.2, 0.25) is 0 Å². The fourth-order valence-electron chi connectivity index (χ4n) is 8.47. The number of carbonyl (C=O) groups is 3. The number of carbonyl (C=O) groups excluding carboxylic acids is 3. The van der Waals surface area contributed by atoms with Crippen molar-refractivity contribution in [2.75, 3.05) is 32.2 Å². The molecule has 1 amide bonds. The smallest absolute Gasteiger partial charge is 0.329 e. The van der Waals surface area contributed by atoms with Crippen LogP contribution in [-0.4, -0.2) is 51.2 Å². The molecule has 2 aromatic rings. The maximum absolute atomic E-state index is 13.3. The van der Waals surface area contributed by atoms with E-state index in [4.69, 9.17) is 9.47 Å². The van der Waals surface area contributed by atoms with Crippen LogP contribution >= 0.6 is 0 Å². The molecule has 1 N–H and O–H groups in total. The monoisotopic (exact) mass is 933 g/mol. The minimum absolute atomic E-state index is 0.203. The van der Waals surface area contributed by atoms with Crippen LogP contribution in [0.25, 0.3) is 0 Å². The highest BCUT2D eigenvalue weighted by molar-refractivity contribution is 5.88. The van der Waals surface area contributed by atoms with Crippen molar-refractivity contribution in [2.45, 2.75) is 251 Å². The third-order valence-electron chi connectivity index (χ3n) is 12.8. The Morgan fingerprint density at radius 2 is 0.881 bits per heavy atom. The lowest BCUT2D eigenvalue weighted by molar-refractivity contribution is -0.697. The molecule has 1 heterocycles. The zero-order valence-electron chi connectivity index (χ0n) is 43.4. The number of hydrogen-bond acceptors (Lipinski definition) is 8. The number of azo groups is 1. The van der Waals surface area contributed by atoms with Gasteiger partial charge in [-0.1, -0.05) is 206 Å². The maximum Gasteiger partial charge on any atom is 0.329 e. The number of hydrogen-bond donors (Lipinski definition) is 1. The Morgan fingerprint density at radius 3 is 1.28 bits per heavy atom. The van der Waals surface area contributed by atoms with Gasteiger partial charge in [-0.15, -0.1) is 0 Å². The molecule has 1 unspecified atom stereocenters. The molecule has 0 saturated carbocycles. The van der Waals surface area contributed by atoms with Gasteiger partial charge in [0.05, 0.1) is 31.0 Å². The van der Waals surface area contributed by atoms with E-state index in [2.05, 4.69) is 29.4 Å². The molecule has 0 bridgehead atoms. The Bertz CT molecular complexity index is 1520. The molecule has 67 heavy (non-hydrogen) atoms. The van der Waals surface area contributed by atoms with E-state index in [0.29, 0.717) is 19.6 Å². The van der Waals surface area contributed by atoms with Gasteiger partial charge in [0.2, 0.25) is 5.91 Å². The van der Waals surface area contributed by atoms with E-state index in [1.807, 2.05) is 72.4 Å². The molecule has 10 heteroatoms. The molecule has 0 aliphatic rings. The summed E-state index contributed by atoms with van der Waals surface area (Å²) in [5, 5.41) is 11.5. The number of ether oxygens (including phenoxy) is 2. The standard InChI is InChI=1S/C57H97N5O5/c1-5-7-9-11-13-15-17-19-21-23-25-27-29-31-33-35-48-66-56(64)50-54(57(65)67-49-36-34-32-30-28-26-24-22-20-18-16-14-12-10-8-6-2)58-55(63)38-37-45-62-46-43-52(44-47-62)60-59-51-39-41-53(42-40-51)61(3)4/h39-44,46-47,54H,5-38,45,48-50H2,1-4H3/p+1. The van der Waals surface area contributed by atoms with Gasteiger partial charge in [-0.05, 0) is 37.1 Å². The van der Waals surface area contributed by atoms with Crippen LogP contribution in [0.3, 0.4) is 0 Å². The first-order valence-corrected chi connectivity index (χ1v) is 27.6. The number of benzene rings is 1. The Morgan fingerprint density at radius 1 is 0.507 bits per heavy atom. The van der Waals surface area contributed by atoms with Crippen LogP contribution in [0.1, 0.15) is 239 Å². The van der Waals surface area contributed by atoms with E-state index in [-0.39, 0.29) is 25.4 Å². The molecule has 0 aliphatic heterocycles. The van der Waals surface area contributed by atoms with Crippen LogP contribution in [0.4, 0.5) is 17.1 Å². The predicted molar refractivity (Wildman–Crippen MR) is 278 cm³/mol. The Hall–Kier alpha value is -3.82. The highest BCUT2D eigenvalue weighted by Gasteiger charge is 2.26. The maximum atomic E-state index is 13.3. The summed E-state index contributed by atoms with van der Waals surface area (Å²) in [6.45, 7) is 5.76. The van der Waals surface area contributed by atoms with Crippen molar-refractivity contribution in [3.8, 4) is 0 Å². The lowest BCUT2D eigenvalue weighted by Gasteiger charge is -2.17. The summed E-state index contributed by atoms with van der Waals surface area (Å²) in [5.41, 5.74) is 2.61. The Labute approximate surface area is 409 Å². The van der Waals surface area contributed by atoms with Gasteiger partial charge in [-0.2, -0.15) is 10.2 Å². The molecule has 0 fully saturated rings. The molecule has 380 valence electrons. The molecular weight excluding hydrogens is 835 g/mol. The van der Waals surface area contributed by atoms with Crippen molar-refractivity contribution >= 4 is 34.9 Å². The number of amides is 1. The Kier molecular flexibility index (Phi) is 37.4. The fourth-order valence-corrected chi connectivity index (χ4v) is 8.47. The lowest BCUT2D eigenvalue weighted by Crippen LogP contribution is -2.44. The average Bonchev–Trinajstić information content (AvgIpc) is 3.33. The van der Waals surface area contributed by atoms with E-state index < -0.39 is 18.0 Å². The van der Waals surface area contributed by atoms with Gasteiger partial charge in [-0.25, -0.2) is 9.36 Å². The summed E-state index contributed by atoms with van der Waals surface area (Å²) >= 11 is 0. The SMILES string of the molecule is CCCCCCCCCCCCCCCCCCOC(=O)CC(NC(=O)CCC[n+]1ccc(N=Nc2ccc(N(C)C)cc2)cc1)C(=O)OCCCCCCCCCCCCCCCCCC. The number of unbranched alkanes of at least 4 members (excludes halogenated alkanes) is 30. The first kappa shape index (κ1) is 59.3. The average molecular weight is 933 g/mol. The summed E-state index contributed by atoms with van der Waals surface area (Å²) < 4.78 is 13.2. The van der Waals surface area contributed by atoms with Crippen molar-refractivity contribution in [2.24, 2.45) is 10.2 Å². The lowest BCUT2D eigenvalue weighted by atomic mass is 10.0. The first-order chi connectivity index (χ1) is 32.8. The van der Waals surface area contributed by atoms with Gasteiger partial charge in [-0.3, -0.25) is 9.59 Å². The summed E-state index contributed by atoms with van der Waals surface area (Å²) in [4.78, 5) is 41.3. The third kappa shape index (κ3) is 34.2. The molecule has 2 rings (SSSR count). The van der Waals surface area contributed by atoms with Crippen molar-refractivity contribution in [1.82, 2.24) is 5.32 Å². The van der Waals surface area contributed by atoms with E-state index >= 15 is 0 Å². The van der Waals surface area contributed by atoms with Crippen LogP contribution in [0, 0.1) is 0 Å². The number of nitrogens with one attached hydrogen (secondary N) is 1. The predicted octanol–water partition coefficient (Wildman–Crippen LogP) is 15.7. The number of aromatic nitrogens is 1. The molecule has 1 atom stereocenters. The van der Waals surface area contributed by atoms with Crippen LogP contribution < -0.4 is 14.8 Å². The number of nitrogens with zero attached hydrogens (tertiary/aromatic N) is 4. The molecule has 0 radical (unpaired) electrons. The van der Waals surface area contributed by atoms with Gasteiger partial charge in [0.15, 0.2) is 12.4 Å². The highest BCUT2D eigenvalue weighted by atomic mass is 16.5. The number of rotatable bonds is 45. The zero-order chi connectivity index (χ0) is 48.3. The van der Waals surface area contributed by atoms with Gasteiger partial charge in [0, 0.05) is 44.8 Å². The Balaban J connectivity index is 1.68. The topological polar surface area (TPSA) is 114 Å². The molecule has 0 saturated heterocycles. The van der Waals surface area contributed by atoms with E-state index in [1.165, 1.54) is 167 Å². The van der Waals surface area contributed by atoms with E-state index in [9.17, 15) is 14.4 Å². The van der Waals surface area contributed by atoms with Crippen LogP contribution in [0.15, 0.2) is 59.0 Å². The molecule has 0 spiro atoms. The van der Waals surface area contributed by atoms with E-state index in [1.54, 1.807) is 0 Å². The quantitative estimate of drug-likeness (QED) is 0.0306. The van der Waals surface area contributed by atoms with Gasteiger partial charge < -0.3 is 19.7 Å². The largest absolute Gasteiger partial charge is 0.466 e. The molecule has 1 aromatic heterocycles. The number of esters is 2. The summed E-state index contributed by atoms with van der Waals surface area (Å²) in [6, 6.07) is 10.6. The second-order valence-corrected chi connectivity index (χ2v) is 19.3. The number of anilines is 1. The zero-order valence-corrected chi connectivity index (χ0v) is 43.4. The van der Waals surface area contributed by atoms with Crippen LogP contribution in [-0.2, 0) is 30.4 Å². The van der Waals surface area contributed by atoms with Gasteiger partial charge in [0.1, 0.15) is 12.6 Å². The van der Waals surface area contributed by atoms with Crippen molar-refractivity contribution in [1.29, 1.82) is 0 Å². The van der Waals surface area contributed by atoms with Crippen molar-refractivity contribution in [3.63, 3.8) is 0 Å². The van der Waals surface area contributed by atoms with Crippen molar-refractivity contribution in [3.05, 3.63) is 48.8 Å². The van der Waals surface area contributed by atoms with Crippen LogP contribution in [0.5, 0.6) is 0 Å². The minimum atomic E-state index is -1.07. The van der Waals surface area contributed by atoms with Gasteiger partial charge in [0.25, 0.3) is 0 Å². The van der Waals surface area contributed by atoms with Crippen molar-refractivity contribution < 1.29 is 28.4 Å². The summed E-state index contributed by atoms with van der Waals surface area (Å²) in [5.74, 6) is -1.34. The number of aryl methyl sites for hydroxylation is 1. The third-order valence-corrected chi connectivity index (χ3v) is 12.8.